The summed E-state index contributed by atoms with van der Waals surface area (Å²) >= 11 is 0. The lowest BCUT2D eigenvalue weighted by Crippen LogP contribution is -2.53. The quantitative estimate of drug-likeness (QED) is 0.500. The zero-order valence-corrected chi connectivity index (χ0v) is 11.4. The highest BCUT2D eigenvalue weighted by molar-refractivity contribution is 7.44. The number of rotatable bonds is 5. The zero-order valence-electron chi connectivity index (χ0n) is 10.5. The minimum atomic E-state index is -4.72. The Bertz CT molecular complexity index is 282. The second-order valence-electron chi connectivity index (χ2n) is 5.15. The van der Waals surface area contributed by atoms with E-state index < -0.39 is 14.1 Å². The molecule has 1 rings (SSSR count). The Morgan fingerprint density at radius 3 is 2.41 bits per heavy atom. The third-order valence-corrected chi connectivity index (χ3v) is 2.92. The summed E-state index contributed by atoms with van der Waals surface area (Å²) in [5, 5.41) is 0. The monoisotopic (exact) mass is 268 g/mol. The highest BCUT2D eigenvalue weighted by atomic mass is 31.2. The van der Waals surface area contributed by atoms with Crippen LogP contribution in [-0.2, 0) is 13.8 Å². The number of hydrogen-bond donors (Lipinski definition) is 1. The first kappa shape index (κ1) is 15.0. The predicted molar refractivity (Wildman–Crippen MR) is 60.0 cm³/mol. The minimum Gasteiger partial charge on any atom is -0.756 e. The molecule has 0 radical (unpaired) electrons. The average Bonchev–Trinajstić information content (AvgIpc) is 2.14. The first-order chi connectivity index (χ1) is 7.67. The smallest absolute Gasteiger partial charge is 0.267 e. The van der Waals surface area contributed by atoms with Crippen LogP contribution in [0.25, 0.3) is 0 Å². The number of ether oxygens (including phenoxy) is 1. The van der Waals surface area contributed by atoms with Gasteiger partial charge < -0.3 is 19.0 Å². The molecule has 0 spiro atoms. The number of phosphoric acid groups is 1. The Morgan fingerprint density at radius 2 is 2.00 bits per heavy atom. The third kappa shape index (κ3) is 6.47. The van der Waals surface area contributed by atoms with E-state index in [0.717, 1.165) is 0 Å². The molecule has 1 saturated heterocycles. The van der Waals surface area contributed by atoms with Crippen molar-refractivity contribution in [3.05, 3.63) is 0 Å². The fraction of sp³-hybridized carbons (Fsp3) is 1.00. The van der Waals surface area contributed by atoms with E-state index in [4.69, 9.17) is 14.2 Å². The number of nitrogens with zero attached hydrogens (tertiary/aromatic N) is 2. The molecule has 1 aliphatic rings. The molecule has 2 atom stereocenters. The van der Waals surface area contributed by atoms with Crippen LogP contribution in [0.3, 0.4) is 0 Å². The fourth-order valence-corrected chi connectivity index (χ4v) is 2.21. The largest absolute Gasteiger partial charge is 0.756 e. The Labute approximate surface area is 102 Å². The van der Waals surface area contributed by atoms with Gasteiger partial charge in [-0.1, -0.05) is 0 Å². The van der Waals surface area contributed by atoms with Gasteiger partial charge >= 0.3 is 0 Å². The molecular formula is C9H21N2O5P. The Balaban J connectivity index is 2.67. The molecule has 1 N–H and O–H groups in total. The van der Waals surface area contributed by atoms with E-state index in [1.165, 1.54) is 0 Å². The fourth-order valence-electron chi connectivity index (χ4n) is 1.70. The van der Waals surface area contributed by atoms with Gasteiger partial charge in [0.25, 0.3) is 7.82 Å². The van der Waals surface area contributed by atoms with Crippen LogP contribution in [0.4, 0.5) is 0 Å². The molecule has 102 valence electrons. The van der Waals surface area contributed by atoms with Crippen LogP contribution in [0.15, 0.2) is 0 Å². The van der Waals surface area contributed by atoms with Gasteiger partial charge in [0, 0.05) is 13.1 Å². The maximum Gasteiger partial charge on any atom is 0.267 e. The lowest BCUT2D eigenvalue weighted by molar-refractivity contribution is -0.874. The van der Waals surface area contributed by atoms with E-state index in [-0.39, 0.29) is 0 Å². The van der Waals surface area contributed by atoms with E-state index in [0.29, 0.717) is 37.3 Å². The number of quaternary nitrogens is 1. The van der Waals surface area contributed by atoms with Crippen molar-refractivity contribution < 1.29 is 28.1 Å². The molecule has 7 nitrogen and oxygen atoms in total. The van der Waals surface area contributed by atoms with Crippen molar-refractivity contribution in [1.82, 2.24) is 4.90 Å². The molecular weight excluding hydrogens is 247 g/mol. The van der Waals surface area contributed by atoms with E-state index in [2.05, 4.69) is 0 Å². The van der Waals surface area contributed by atoms with Gasteiger partial charge in [-0.15, -0.1) is 0 Å². The number of phosphoric ester groups is 1. The van der Waals surface area contributed by atoms with Crippen molar-refractivity contribution >= 4 is 7.82 Å². The van der Waals surface area contributed by atoms with Crippen LogP contribution in [-0.4, -0.2) is 74.5 Å². The van der Waals surface area contributed by atoms with Crippen molar-refractivity contribution in [1.29, 1.82) is 0 Å². The second kappa shape index (κ2) is 5.75. The van der Waals surface area contributed by atoms with E-state index in [1.54, 1.807) is 0 Å². The molecule has 1 aliphatic heterocycles. The molecule has 2 unspecified atom stereocenters. The molecule has 0 aliphatic carbocycles. The summed E-state index contributed by atoms with van der Waals surface area (Å²) < 4.78 is 21.4. The van der Waals surface area contributed by atoms with Gasteiger partial charge in [0.1, 0.15) is 6.54 Å². The van der Waals surface area contributed by atoms with Crippen LogP contribution in [0, 0.1) is 0 Å². The van der Waals surface area contributed by atoms with Gasteiger partial charge in [0.2, 0.25) is 0 Å². The molecule has 0 saturated carbocycles. The summed E-state index contributed by atoms with van der Waals surface area (Å²) in [5.41, 5.74) is 0. The third-order valence-electron chi connectivity index (χ3n) is 2.41. The lowest BCUT2D eigenvalue weighted by atomic mass is 10.3. The lowest BCUT2D eigenvalue weighted by Gasteiger charge is -2.39. The van der Waals surface area contributed by atoms with Crippen molar-refractivity contribution in [2.45, 2.75) is 6.23 Å². The van der Waals surface area contributed by atoms with Crippen molar-refractivity contribution in [3.63, 3.8) is 0 Å². The predicted octanol–water partition coefficient (Wildman–Crippen LogP) is -1.17. The first-order valence-corrected chi connectivity index (χ1v) is 7.01. The Morgan fingerprint density at radius 1 is 1.47 bits per heavy atom. The Kier molecular flexibility index (Phi) is 5.09. The standard InChI is InChI=1S/C9H21N2O5P/c1-11(2,3)8-9(16-17(12,13)14)10-4-6-15-7-5-10/h9H,4-8H2,1-3H3,(H-,12,13,14). The molecule has 1 fully saturated rings. The molecule has 0 aromatic rings. The summed E-state index contributed by atoms with van der Waals surface area (Å²) in [6.07, 6.45) is -0.646. The minimum absolute atomic E-state index is 0.465. The first-order valence-electron chi connectivity index (χ1n) is 5.52. The van der Waals surface area contributed by atoms with Crippen LogP contribution < -0.4 is 4.89 Å². The molecule has 17 heavy (non-hydrogen) atoms. The van der Waals surface area contributed by atoms with Gasteiger partial charge in [-0.2, -0.15) is 0 Å². The average molecular weight is 268 g/mol. The summed E-state index contributed by atoms with van der Waals surface area (Å²) in [6, 6.07) is 0. The van der Waals surface area contributed by atoms with Gasteiger partial charge in [-0.25, -0.2) is 0 Å². The summed E-state index contributed by atoms with van der Waals surface area (Å²) in [5.74, 6) is 0. The van der Waals surface area contributed by atoms with Crippen LogP contribution in [0.5, 0.6) is 0 Å². The van der Waals surface area contributed by atoms with Crippen molar-refractivity contribution in [2.75, 3.05) is 54.0 Å². The SMILES string of the molecule is C[N+](C)(C)CC(OP(=O)([O-])O)N1CCOCC1. The van der Waals surface area contributed by atoms with Crippen LogP contribution in [0.2, 0.25) is 0 Å². The topological polar surface area (TPSA) is 82.1 Å². The second-order valence-corrected chi connectivity index (χ2v) is 6.30. The summed E-state index contributed by atoms with van der Waals surface area (Å²) in [4.78, 5) is 21.6. The van der Waals surface area contributed by atoms with Crippen LogP contribution >= 0.6 is 7.82 Å². The molecule has 0 aromatic heterocycles. The van der Waals surface area contributed by atoms with Gasteiger partial charge in [-0.05, 0) is 0 Å². The van der Waals surface area contributed by atoms with Crippen LogP contribution in [0.1, 0.15) is 0 Å². The van der Waals surface area contributed by atoms with E-state index in [9.17, 15) is 9.46 Å². The normalized spacial score (nSPS) is 24.3. The zero-order chi connectivity index (χ0) is 13.1. The van der Waals surface area contributed by atoms with E-state index in [1.807, 2.05) is 26.0 Å². The maximum atomic E-state index is 10.9. The molecule has 0 amide bonds. The van der Waals surface area contributed by atoms with Crippen molar-refractivity contribution in [2.24, 2.45) is 0 Å². The molecule has 8 heteroatoms. The molecule has 0 bridgehead atoms. The van der Waals surface area contributed by atoms with E-state index >= 15 is 0 Å². The highest BCUT2D eigenvalue weighted by Crippen LogP contribution is 2.34. The summed E-state index contributed by atoms with van der Waals surface area (Å²) in [6.45, 7) is 2.76. The number of morpholine rings is 1. The van der Waals surface area contributed by atoms with Gasteiger partial charge in [-0.3, -0.25) is 14.0 Å². The van der Waals surface area contributed by atoms with Crippen molar-refractivity contribution in [3.8, 4) is 0 Å². The Hall–Kier alpha value is -0.0100. The van der Waals surface area contributed by atoms with Gasteiger partial charge in [0.15, 0.2) is 6.23 Å². The summed E-state index contributed by atoms with van der Waals surface area (Å²) in [7, 11) is 1.09. The maximum absolute atomic E-state index is 10.9. The molecule has 1 heterocycles. The number of likely N-dealkylation sites (N-methyl/N-ethyl adjacent to an activating group) is 1. The highest BCUT2D eigenvalue weighted by Gasteiger charge is 2.29. The molecule has 0 aromatic carbocycles. The number of hydrogen-bond acceptors (Lipinski definition) is 5. The van der Waals surface area contributed by atoms with Gasteiger partial charge in [0.05, 0.1) is 34.4 Å².